The van der Waals surface area contributed by atoms with Crippen LogP contribution in [0, 0.1) is 0 Å². The number of hydrogen-bond acceptors (Lipinski definition) is 7. The Balaban J connectivity index is 1.54. The number of hydrogen-bond donors (Lipinski definition) is 1. The lowest BCUT2D eigenvalue weighted by Crippen LogP contribution is -2.40. The number of nitrogens with zero attached hydrogens (tertiary/aromatic N) is 7. The van der Waals surface area contributed by atoms with Crippen molar-refractivity contribution in [3.8, 4) is 28.7 Å². The molecular weight excluding hydrogens is 384 g/mol. The summed E-state index contributed by atoms with van der Waals surface area (Å²) in [4.78, 5) is 27.6. The van der Waals surface area contributed by atoms with Gasteiger partial charge in [-0.05, 0) is 26.7 Å². The molecule has 0 aliphatic carbocycles. The Morgan fingerprint density at radius 3 is 2.93 bits per heavy atom. The van der Waals surface area contributed by atoms with Crippen molar-refractivity contribution in [2.24, 2.45) is 5.73 Å². The standard InChI is InChI=1S/C20H24N8O2/c1-12(2)28-20(23-11-24-28)14-10-26-6-7-30-16-8-17(22-9-13(16)19(26)25-14)27-5-3-4-15(27)18(21)29/h8-12,15H,3-7H2,1-2H3,(H2,21,29)/t15-/m1/s1. The lowest BCUT2D eigenvalue weighted by molar-refractivity contribution is -0.119. The van der Waals surface area contributed by atoms with Crippen LogP contribution in [0.25, 0.3) is 22.9 Å². The summed E-state index contributed by atoms with van der Waals surface area (Å²) in [5.41, 5.74) is 7.15. The number of imidazole rings is 1. The zero-order valence-corrected chi connectivity index (χ0v) is 17.0. The average molecular weight is 408 g/mol. The van der Waals surface area contributed by atoms with E-state index in [9.17, 15) is 4.79 Å². The van der Waals surface area contributed by atoms with Crippen LogP contribution in [-0.4, -0.2) is 54.4 Å². The number of fused-ring (bicyclic) bond motifs is 3. The molecule has 30 heavy (non-hydrogen) atoms. The zero-order chi connectivity index (χ0) is 20.8. The second-order valence-electron chi connectivity index (χ2n) is 7.91. The quantitative estimate of drug-likeness (QED) is 0.697. The van der Waals surface area contributed by atoms with Gasteiger partial charge in [-0.1, -0.05) is 0 Å². The molecule has 10 nitrogen and oxygen atoms in total. The summed E-state index contributed by atoms with van der Waals surface area (Å²) in [6.07, 6.45) is 6.96. The van der Waals surface area contributed by atoms with Gasteiger partial charge in [-0.3, -0.25) is 4.79 Å². The highest BCUT2D eigenvalue weighted by atomic mass is 16.5. The van der Waals surface area contributed by atoms with Crippen molar-refractivity contribution in [2.45, 2.75) is 45.3 Å². The largest absolute Gasteiger partial charge is 0.491 e. The molecule has 10 heteroatoms. The Labute approximate surface area is 173 Å². The molecule has 0 radical (unpaired) electrons. The van der Waals surface area contributed by atoms with Gasteiger partial charge >= 0.3 is 0 Å². The molecule has 1 amide bonds. The van der Waals surface area contributed by atoms with Crippen molar-refractivity contribution >= 4 is 11.7 Å². The van der Waals surface area contributed by atoms with Gasteiger partial charge in [0.1, 0.15) is 42.1 Å². The van der Waals surface area contributed by atoms with Crippen LogP contribution in [0.3, 0.4) is 0 Å². The van der Waals surface area contributed by atoms with Gasteiger partial charge in [-0.25, -0.2) is 19.6 Å². The highest BCUT2D eigenvalue weighted by molar-refractivity contribution is 5.84. The Bertz CT molecular complexity index is 1100. The molecule has 156 valence electrons. The number of aromatic nitrogens is 6. The second-order valence-corrected chi connectivity index (χ2v) is 7.91. The van der Waals surface area contributed by atoms with Crippen molar-refractivity contribution in [3.63, 3.8) is 0 Å². The number of carbonyl (C=O) groups is 1. The molecule has 0 unspecified atom stereocenters. The van der Waals surface area contributed by atoms with Gasteiger partial charge in [-0.2, -0.15) is 5.10 Å². The molecule has 0 saturated carbocycles. The highest BCUT2D eigenvalue weighted by Crippen LogP contribution is 2.36. The number of primary amides is 1. The number of pyridine rings is 1. The summed E-state index contributed by atoms with van der Waals surface area (Å²) in [7, 11) is 0. The van der Waals surface area contributed by atoms with E-state index in [2.05, 4.69) is 33.5 Å². The lowest BCUT2D eigenvalue weighted by atomic mass is 10.2. The van der Waals surface area contributed by atoms with E-state index in [1.54, 1.807) is 12.5 Å². The molecule has 5 rings (SSSR count). The first-order chi connectivity index (χ1) is 14.5. The fourth-order valence-corrected chi connectivity index (χ4v) is 4.18. The van der Waals surface area contributed by atoms with E-state index in [-0.39, 0.29) is 18.0 Å². The van der Waals surface area contributed by atoms with Crippen LogP contribution >= 0.6 is 0 Å². The molecule has 3 aromatic rings. The number of ether oxygens (including phenoxy) is 1. The number of amides is 1. The maximum atomic E-state index is 11.8. The Morgan fingerprint density at radius 2 is 2.13 bits per heavy atom. The average Bonchev–Trinajstić information content (AvgIpc) is 3.45. The highest BCUT2D eigenvalue weighted by Gasteiger charge is 2.31. The molecule has 2 aliphatic rings. The van der Waals surface area contributed by atoms with Crippen LogP contribution < -0.4 is 15.4 Å². The van der Waals surface area contributed by atoms with Crippen LogP contribution in [0.1, 0.15) is 32.7 Å². The van der Waals surface area contributed by atoms with Gasteiger partial charge in [0.05, 0.1) is 12.1 Å². The smallest absolute Gasteiger partial charge is 0.240 e. The Kier molecular flexibility index (Phi) is 4.41. The van der Waals surface area contributed by atoms with Gasteiger partial charge in [0, 0.05) is 31.0 Å². The van der Waals surface area contributed by atoms with Crippen LogP contribution in [-0.2, 0) is 11.3 Å². The van der Waals surface area contributed by atoms with Gasteiger partial charge in [0.2, 0.25) is 5.91 Å². The van der Waals surface area contributed by atoms with Crippen molar-refractivity contribution < 1.29 is 9.53 Å². The van der Waals surface area contributed by atoms with Crippen LogP contribution in [0.5, 0.6) is 5.75 Å². The van der Waals surface area contributed by atoms with E-state index in [4.69, 9.17) is 15.5 Å². The Morgan fingerprint density at radius 1 is 1.27 bits per heavy atom. The van der Waals surface area contributed by atoms with Crippen molar-refractivity contribution in [2.75, 3.05) is 18.1 Å². The summed E-state index contributed by atoms with van der Waals surface area (Å²) < 4.78 is 9.92. The summed E-state index contributed by atoms with van der Waals surface area (Å²) in [5, 5.41) is 4.31. The normalized spacial score (nSPS) is 18.1. The summed E-state index contributed by atoms with van der Waals surface area (Å²) in [6, 6.07) is 1.75. The summed E-state index contributed by atoms with van der Waals surface area (Å²) in [6.45, 7) is 6.05. The first-order valence-electron chi connectivity index (χ1n) is 10.2. The van der Waals surface area contributed by atoms with Crippen LogP contribution in [0.2, 0.25) is 0 Å². The molecule has 3 aromatic heterocycles. The molecule has 2 aliphatic heterocycles. The maximum absolute atomic E-state index is 11.8. The number of carbonyl (C=O) groups excluding carboxylic acids is 1. The summed E-state index contributed by atoms with van der Waals surface area (Å²) in [5.74, 6) is 2.60. The number of anilines is 1. The Hall–Kier alpha value is -3.43. The monoisotopic (exact) mass is 408 g/mol. The van der Waals surface area contributed by atoms with Crippen molar-refractivity contribution in [3.05, 3.63) is 24.8 Å². The minimum absolute atomic E-state index is 0.183. The van der Waals surface area contributed by atoms with Gasteiger partial charge in [0.15, 0.2) is 5.82 Å². The predicted octanol–water partition coefficient (Wildman–Crippen LogP) is 1.63. The minimum atomic E-state index is -0.322. The first-order valence-corrected chi connectivity index (χ1v) is 10.2. The van der Waals surface area contributed by atoms with Gasteiger partial charge in [0.25, 0.3) is 0 Å². The zero-order valence-electron chi connectivity index (χ0n) is 17.0. The van der Waals surface area contributed by atoms with Crippen LogP contribution in [0.4, 0.5) is 5.82 Å². The third kappa shape index (κ3) is 2.99. The molecule has 0 bridgehead atoms. The number of nitrogens with two attached hydrogens (primary N) is 1. The van der Waals surface area contributed by atoms with E-state index in [1.807, 2.05) is 21.8 Å². The van der Waals surface area contributed by atoms with Crippen molar-refractivity contribution in [1.82, 2.24) is 29.3 Å². The van der Waals surface area contributed by atoms with Gasteiger partial charge in [-0.15, -0.1) is 0 Å². The van der Waals surface area contributed by atoms with Crippen LogP contribution in [0.15, 0.2) is 24.8 Å². The van der Waals surface area contributed by atoms with E-state index in [0.29, 0.717) is 24.7 Å². The molecule has 1 fully saturated rings. The fourth-order valence-electron chi connectivity index (χ4n) is 4.18. The predicted molar refractivity (Wildman–Crippen MR) is 110 cm³/mol. The second kappa shape index (κ2) is 7.12. The molecule has 1 atom stereocenters. The molecule has 0 spiro atoms. The van der Waals surface area contributed by atoms with E-state index in [0.717, 1.165) is 42.3 Å². The van der Waals surface area contributed by atoms with E-state index in [1.165, 1.54) is 0 Å². The summed E-state index contributed by atoms with van der Waals surface area (Å²) >= 11 is 0. The third-order valence-electron chi connectivity index (χ3n) is 5.63. The van der Waals surface area contributed by atoms with Crippen molar-refractivity contribution in [1.29, 1.82) is 0 Å². The topological polar surface area (TPSA) is 117 Å². The molecular formula is C20H24N8O2. The molecule has 0 aromatic carbocycles. The molecule has 2 N–H and O–H groups in total. The van der Waals surface area contributed by atoms with E-state index >= 15 is 0 Å². The SMILES string of the molecule is CC(C)n1ncnc1-c1cn2c(n1)-c1cnc(N3CCC[C@@H]3C(N)=O)cc1OCC2. The van der Waals surface area contributed by atoms with E-state index < -0.39 is 0 Å². The maximum Gasteiger partial charge on any atom is 0.240 e. The fraction of sp³-hybridized carbons (Fsp3) is 0.450. The molecule has 5 heterocycles. The first kappa shape index (κ1) is 18.6. The number of rotatable bonds is 4. The molecule has 1 saturated heterocycles. The van der Waals surface area contributed by atoms with Gasteiger partial charge < -0.3 is 19.9 Å². The minimum Gasteiger partial charge on any atom is -0.491 e. The third-order valence-corrected chi connectivity index (χ3v) is 5.63. The lowest BCUT2D eigenvalue weighted by Gasteiger charge is -2.23.